The van der Waals surface area contributed by atoms with Crippen LogP contribution in [0.1, 0.15) is 10.4 Å². The largest absolute Gasteiger partial charge is 0.755 e. The number of para-hydroxylation sites is 1. The number of aromatic carboxylic acids is 1. The van der Waals surface area contributed by atoms with Crippen molar-refractivity contribution in [2.45, 2.75) is 0 Å². The molecule has 1 heterocycles. The molecule has 7 nitrogen and oxygen atoms in total. The van der Waals surface area contributed by atoms with Gasteiger partial charge in [0.25, 0.3) is 0 Å². The summed E-state index contributed by atoms with van der Waals surface area (Å²) >= 11 is -2.73. The Morgan fingerprint density at radius 3 is 2.52 bits per heavy atom. The SMILES string of the molecule is O=C(O)c1ccc(N(c2cc3ccccc3o2)S(=O)[O-])cc1O. The number of hydrogen-bond donors (Lipinski definition) is 2. The van der Waals surface area contributed by atoms with E-state index in [1.54, 1.807) is 24.3 Å². The number of anilines is 2. The van der Waals surface area contributed by atoms with Crippen molar-refractivity contribution in [3.63, 3.8) is 0 Å². The summed E-state index contributed by atoms with van der Waals surface area (Å²) in [6.07, 6.45) is 0. The summed E-state index contributed by atoms with van der Waals surface area (Å²) in [7, 11) is 0. The van der Waals surface area contributed by atoms with Gasteiger partial charge in [-0.2, -0.15) is 0 Å². The van der Waals surface area contributed by atoms with Crippen LogP contribution in [0.25, 0.3) is 11.0 Å². The van der Waals surface area contributed by atoms with Crippen molar-refractivity contribution in [2.75, 3.05) is 4.31 Å². The molecule has 2 N–H and O–H groups in total. The quantitative estimate of drug-likeness (QED) is 0.710. The lowest BCUT2D eigenvalue weighted by atomic mass is 10.2. The van der Waals surface area contributed by atoms with Crippen molar-refractivity contribution in [2.24, 2.45) is 0 Å². The minimum absolute atomic E-state index is 0.0296. The van der Waals surface area contributed by atoms with E-state index in [0.29, 0.717) is 11.0 Å². The topological polar surface area (TPSA) is 114 Å². The van der Waals surface area contributed by atoms with Crippen LogP contribution >= 0.6 is 0 Å². The van der Waals surface area contributed by atoms with E-state index in [9.17, 15) is 18.7 Å². The van der Waals surface area contributed by atoms with Gasteiger partial charge >= 0.3 is 5.97 Å². The zero-order valence-corrected chi connectivity index (χ0v) is 12.3. The number of nitrogens with zero attached hydrogens (tertiary/aromatic N) is 1. The van der Waals surface area contributed by atoms with Gasteiger partial charge in [0.1, 0.15) is 16.9 Å². The fourth-order valence-electron chi connectivity index (χ4n) is 2.18. The molecule has 1 unspecified atom stereocenters. The van der Waals surface area contributed by atoms with E-state index >= 15 is 0 Å². The summed E-state index contributed by atoms with van der Waals surface area (Å²) in [5.41, 5.74) is 0.235. The minimum atomic E-state index is -2.73. The average Bonchev–Trinajstić information content (AvgIpc) is 2.89. The Morgan fingerprint density at radius 2 is 1.91 bits per heavy atom. The number of furan rings is 1. The highest BCUT2D eigenvalue weighted by molar-refractivity contribution is 7.81. The van der Waals surface area contributed by atoms with Crippen LogP contribution < -0.4 is 4.31 Å². The molecule has 23 heavy (non-hydrogen) atoms. The third-order valence-corrected chi connectivity index (χ3v) is 3.90. The van der Waals surface area contributed by atoms with Crippen molar-refractivity contribution in [3.8, 4) is 5.75 Å². The van der Waals surface area contributed by atoms with Crippen molar-refractivity contribution >= 4 is 39.8 Å². The highest BCUT2D eigenvalue weighted by Crippen LogP contribution is 2.34. The van der Waals surface area contributed by atoms with Crippen molar-refractivity contribution in [1.29, 1.82) is 0 Å². The number of hydrogen-bond acceptors (Lipinski definition) is 5. The van der Waals surface area contributed by atoms with E-state index in [0.717, 1.165) is 16.4 Å². The number of phenols is 1. The maximum atomic E-state index is 11.6. The van der Waals surface area contributed by atoms with Gasteiger partial charge in [-0.05, 0) is 18.2 Å². The Balaban J connectivity index is 2.10. The molecule has 1 aromatic heterocycles. The first kappa shape index (κ1) is 15.1. The molecule has 118 valence electrons. The van der Waals surface area contributed by atoms with Crippen LogP contribution in [-0.2, 0) is 11.3 Å². The van der Waals surface area contributed by atoms with Crippen LogP contribution in [0.2, 0.25) is 0 Å². The molecule has 0 spiro atoms. The van der Waals surface area contributed by atoms with Gasteiger partial charge in [0.15, 0.2) is 0 Å². The molecule has 0 aliphatic heterocycles. The third kappa shape index (κ3) is 2.77. The summed E-state index contributed by atoms with van der Waals surface area (Å²) in [5.74, 6) is -1.82. The molecule has 0 aliphatic carbocycles. The summed E-state index contributed by atoms with van der Waals surface area (Å²) < 4.78 is 29.5. The molecule has 3 rings (SSSR count). The molecule has 8 heteroatoms. The maximum absolute atomic E-state index is 11.6. The molecule has 2 aromatic carbocycles. The van der Waals surface area contributed by atoms with Gasteiger partial charge in [-0.15, -0.1) is 0 Å². The lowest BCUT2D eigenvalue weighted by molar-refractivity contribution is 0.0694. The highest BCUT2D eigenvalue weighted by atomic mass is 32.2. The lowest BCUT2D eigenvalue weighted by Crippen LogP contribution is -2.19. The van der Waals surface area contributed by atoms with Crippen LogP contribution in [0.5, 0.6) is 5.75 Å². The van der Waals surface area contributed by atoms with Gasteiger partial charge < -0.3 is 19.2 Å². The van der Waals surface area contributed by atoms with Crippen molar-refractivity contribution < 1.29 is 28.2 Å². The van der Waals surface area contributed by atoms with E-state index in [4.69, 9.17) is 9.52 Å². The fraction of sp³-hybridized carbons (Fsp3) is 0. The number of carboxylic acid groups (broad SMARTS) is 1. The Bertz CT molecular complexity index is 886. The maximum Gasteiger partial charge on any atom is 0.339 e. The first-order valence-electron chi connectivity index (χ1n) is 6.42. The number of fused-ring (bicyclic) bond motifs is 1. The van der Waals surface area contributed by atoms with Crippen LogP contribution in [0, 0.1) is 0 Å². The Morgan fingerprint density at radius 1 is 1.17 bits per heavy atom. The van der Waals surface area contributed by atoms with E-state index in [1.165, 1.54) is 12.1 Å². The van der Waals surface area contributed by atoms with Crippen LogP contribution in [0.3, 0.4) is 0 Å². The number of carboxylic acids is 1. The number of carbonyl (C=O) groups is 1. The summed E-state index contributed by atoms with van der Waals surface area (Å²) in [6, 6.07) is 12.0. The van der Waals surface area contributed by atoms with Gasteiger partial charge in [-0.25, -0.2) is 9.10 Å². The van der Waals surface area contributed by atoms with Crippen LogP contribution in [0.4, 0.5) is 11.6 Å². The molecular weight excluding hydrogens is 322 g/mol. The van der Waals surface area contributed by atoms with Crippen molar-refractivity contribution in [3.05, 3.63) is 54.1 Å². The van der Waals surface area contributed by atoms with Crippen LogP contribution in [-0.4, -0.2) is 24.9 Å². The van der Waals surface area contributed by atoms with E-state index in [-0.39, 0.29) is 17.1 Å². The fourth-order valence-corrected chi connectivity index (χ4v) is 2.70. The normalized spacial score (nSPS) is 12.2. The highest BCUT2D eigenvalue weighted by Gasteiger charge is 2.18. The molecule has 0 saturated heterocycles. The molecule has 3 aromatic rings. The predicted octanol–water partition coefficient (Wildman–Crippen LogP) is 2.77. The first-order chi connectivity index (χ1) is 11.0. The van der Waals surface area contributed by atoms with E-state index < -0.39 is 23.0 Å². The number of benzene rings is 2. The van der Waals surface area contributed by atoms with Gasteiger partial charge in [-0.3, -0.25) is 4.21 Å². The van der Waals surface area contributed by atoms with Gasteiger partial charge in [-0.1, -0.05) is 18.2 Å². The summed E-state index contributed by atoms with van der Waals surface area (Å²) in [4.78, 5) is 10.9. The smallest absolute Gasteiger partial charge is 0.339 e. The molecular formula is C15H10NO6S-. The molecule has 0 fully saturated rings. The standard InChI is InChI=1S/C15H11NO6S/c17-12-8-10(5-6-11(12)15(18)19)16(23(20)21)14-7-9-3-1-2-4-13(9)22-14/h1-8,17H,(H,18,19)(H,20,21)/p-1. The molecule has 0 bridgehead atoms. The van der Waals surface area contributed by atoms with Gasteiger partial charge in [0, 0.05) is 17.5 Å². The number of rotatable bonds is 4. The summed E-state index contributed by atoms with van der Waals surface area (Å²) in [6.45, 7) is 0. The Labute approximate surface area is 132 Å². The second-order valence-electron chi connectivity index (χ2n) is 4.64. The van der Waals surface area contributed by atoms with Gasteiger partial charge in [0.2, 0.25) is 5.88 Å². The molecule has 0 amide bonds. The molecule has 1 atom stereocenters. The van der Waals surface area contributed by atoms with Crippen molar-refractivity contribution in [1.82, 2.24) is 0 Å². The number of aromatic hydroxyl groups is 1. The lowest BCUT2D eigenvalue weighted by Gasteiger charge is -2.23. The monoisotopic (exact) mass is 332 g/mol. The molecule has 0 aliphatic rings. The second kappa shape index (κ2) is 5.75. The Hall–Kier alpha value is -2.84. The molecule has 0 radical (unpaired) electrons. The predicted molar refractivity (Wildman–Crippen MR) is 82.3 cm³/mol. The van der Waals surface area contributed by atoms with Crippen LogP contribution in [0.15, 0.2) is 52.9 Å². The van der Waals surface area contributed by atoms with Gasteiger partial charge in [0.05, 0.1) is 17.0 Å². The first-order valence-corrected chi connectivity index (χ1v) is 7.45. The summed E-state index contributed by atoms with van der Waals surface area (Å²) in [5, 5.41) is 19.4. The zero-order valence-electron chi connectivity index (χ0n) is 11.5. The van der Waals surface area contributed by atoms with E-state index in [1.807, 2.05) is 0 Å². The Kier molecular flexibility index (Phi) is 3.77. The van der Waals surface area contributed by atoms with E-state index in [2.05, 4.69) is 0 Å². The zero-order chi connectivity index (χ0) is 16.6. The third-order valence-electron chi connectivity index (χ3n) is 3.21. The minimum Gasteiger partial charge on any atom is -0.755 e. The average molecular weight is 332 g/mol. The second-order valence-corrected chi connectivity index (χ2v) is 5.44. The molecule has 0 saturated carbocycles.